The van der Waals surface area contributed by atoms with Crippen LogP contribution in [0.15, 0.2) is 59.8 Å². The molecule has 1 heteroatoms. The van der Waals surface area contributed by atoms with Crippen LogP contribution in [0, 0.1) is 118 Å². The maximum absolute atomic E-state index is 4.50. The molecule has 57 heavy (non-hydrogen) atoms. The minimum absolute atomic E-state index is 0.689. The van der Waals surface area contributed by atoms with Gasteiger partial charge in [-0.05, 0) is 272 Å². The number of nitrogens with one attached hydrogen (secondary N) is 1. The van der Waals surface area contributed by atoms with E-state index in [1.54, 1.807) is 64.2 Å². The summed E-state index contributed by atoms with van der Waals surface area (Å²) in [5, 5.41) is 4.50. The molecule has 0 bridgehead atoms. The van der Waals surface area contributed by atoms with Crippen LogP contribution in [0.3, 0.4) is 0 Å². The molecule has 1 saturated heterocycles. The maximum Gasteiger partial charge on any atom is 0.0287 e. The molecule has 21 unspecified atom stereocenters. The van der Waals surface area contributed by atoms with Crippen molar-refractivity contribution in [1.29, 1.82) is 0 Å². The zero-order valence-electron chi connectivity index (χ0n) is 35.8. The van der Waals surface area contributed by atoms with Gasteiger partial charge >= 0.3 is 0 Å². The summed E-state index contributed by atoms with van der Waals surface area (Å²) in [7, 11) is 0. The van der Waals surface area contributed by atoms with Crippen molar-refractivity contribution in [3.05, 3.63) is 59.8 Å². The van der Waals surface area contributed by atoms with Gasteiger partial charge in [-0.3, -0.25) is 0 Å². The van der Waals surface area contributed by atoms with E-state index >= 15 is 0 Å². The van der Waals surface area contributed by atoms with Crippen molar-refractivity contribution < 1.29 is 0 Å². The lowest BCUT2D eigenvalue weighted by Gasteiger charge is -2.62. The van der Waals surface area contributed by atoms with Crippen LogP contribution in [0.1, 0.15) is 154 Å². The maximum atomic E-state index is 4.50. The predicted molar refractivity (Wildman–Crippen MR) is 235 cm³/mol. The van der Waals surface area contributed by atoms with Crippen molar-refractivity contribution in [1.82, 2.24) is 5.32 Å². The third kappa shape index (κ3) is 5.87. The Morgan fingerprint density at radius 2 is 1.12 bits per heavy atom. The Hall–Kier alpha value is -1.34. The molecule has 1 nitrogen and oxygen atoms in total. The number of allylic oxidation sites excluding steroid dienone is 9. The van der Waals surface area contributed by atoms with Crippen LogP contribution in [0.25, 0.3) is 0 Å². The van der Waals surface area contributed by atoms with E-state index in [4.69, 9.17) is 0 Å². The first-order valence-corrected chi connectivity index (χ1v) is 26.4. The summed E-state index contributed by atoms with van der Waals surface area (Å²) < 4.78 is 0. The van der Waals surface area contributed by atoms with Crippen LogP contribution in [0.2, 0.25) is 0 Å². The van der Waals surface area contributed by atoms with Crippen LogP contribution < -0.4 is 5.32 Å². The molecule has 308 valence electrons. The lowest BCUT2D eigenvalue weighted by Crippen LogP contribution is -2.55. The molecule has 12 aliphatic carbocycles. The first kappa shape index (κ1) is 36.3. The van der Waals surface area contributed by atoms with Gasteiger partial charge in [-0.25, -0.2) is 0 Å². The molecule has 1 N–H and O–H groups in total. The van der Waals surface area contributed by atoms with E-state index in [0.717, 1.165) is 124 Å². The second-order valence-corrected chi connectivity index (χ2v) is 23.9. The van der Waals surface area contributed by atoms with Crippen molar-refractivity contribution in [3.8, 4) is 0 Å². The molecule has 0 aromatic rings. The van der Waals surface area contributed by atoms with Crippen LogP contribution in [-0.4, -0.2) is 12.1 Å². The lowest BCUT2D eigenvalue weighted by molar-refractivity contribution is -0.121. The third-order valence-corrected chi connectivity index (χ3v) is 22.4. The zero-order chi connectivity index (χ0) is 37.2. The van der Waals surface area contributed by atoms with E-state index in [9.17, 15) is 0 Å². The normalized spacial score (nSPS) is 55.7. The molecule has 22 atom stereocenters. The van der Waals surface area contributed by atoms with Gasteiger partial charge in [0.15, 0.2) is 0 Å². The van der Waals surface area contributed by atoms with Crippen molar-refractivity contribution in [2.24, 2.45) is 118 Å². The van der Waals surface area contributed by atoms with Gasteiger partial charge in [0.05, 0.1) is 0 Å². The number of rotatable bonds is 4. The Morgan fingerprint density at radius 1 is 0.421 bits per heavy atom. The van der Waals surface area contributed by atoms with Gasteiger partial charge in [0.2, 0.25) is 0 Å². The highest BCUT2D eigenvalue weighted by Gasteiger charge is 2.59. The summed E-state index contributed by atoms with van der Waals surface area (Å²) in [6.07, 6.45) is 58.0. The molecular weight excluding hydrogens is 687 g/mol. The molecule has 8 fully saturated rings. The molecule has 1 aliphatic heterocycles. The largest absolute Gasteiger partial charge is 0.307 e. The number of hydrogen-bond acceptors (Lipinski definition) is 1. The van der Waals surface area contributed by atoms with Crippen molar-refractivity contribution in [2.75, 3.05) is 0 Å². The number of hydrogen-bond donors (Lipinski definition) is 1. The monoisotopic (exact) mass is 766 g/mol. The Labute approximate surface area is 348 Å². The van der Waals surface area contributed by atoms with Crippen molar-refractivity contribution >= 4 is 0 Å². The van der Waals surface area contributed by atoms with Gasteiger partial charge in [0.25, 0.3) is 0 Å². The molecular formula is C56H79N. The Kier molecular flexibility index (Phi) is 9.33. The first-order chi connectivity index (χ1) is 28.2. The van der Waals surface area contributed by atoms with E-state index < -0.39 is 0 Å². The standard InChI is InChI=1S/C56H79N/c1-3-7-33(8-4-1)41-21-11-35-17-29-49-43(23-13-37-15-27-47(41)53(35)55(37)49)39-19-25-45-46-26-20-40(32-52(46)57-51(45)31-39)44-24-14-38-16-28-48-42(34-9-5-2-6-10-34)22-12-36-18-30-50(44)56(38)54(36)48/h3,7,9,11,15,21,27,31,33,35-38,40-57H,1-2,4-6,8,10,12-14,16-20,22-26,28-30,32H2/t33?,35?,36?,37?,38-,40?,41?,42?,43?,44?,45?,46?,47?,48?,49?,50?,51?,52?,53?,54?,55?,56?/m0/s1. The van der Waals surface area contributed by atoms with Crippen molar-refractivity contribution in [3.63, 3.8) is 0 Å². The highest BCUT2D eigenvalue weighted by molar-refractivity contribution is 5.27. The summed E-state index contributed by atoms with van der Waals surface area (Å²) in [6, 6.07) is 1.50. The van der Waals surface area contributed by atoms with Gasteiger partial charge in [-0.2, -0.15) is 0 Å². The zero-order valence-corrected chi connectivity index (χ0v) is 35.8. The van der Waals surface area contributed by atoms with Crippen LogP contribution in [-0.2, 0) is 0 Å². The topological polar surface area (TPSA) is 12.0 Å². The first-order valence-electron chi connectivity index (χ1n) is 26.4. The summed E-state index contributed by atoms with van der Waals surface area (Å²) >= 11 is 0. The fourth-order valence-corrected chi connectivity index (χ4v) is 20.5. The fraction of sp³-hybridized carbons (Fsp3) is 0.821. The second kappa shape index (κ2) is 14.6. The van der Waals surface area contributed by atoms with E-state index in [1.165, 1.54) is 89.9 Å². The number of fused-ring (bicyclic) bond motifs is 3. The summed E-state index contributed by atoms with van der Waals surface area (Å²) in [5.74, 6) is 19.2. The van der Waals surface area contributed by atoms with Gasteiger partial charge < -0.3 is 5.32 Å². The SMILES string of the molecule is C1=CC(C2C=CC3CCC4C(C5=CC6NC7CC(C8CC[C@H]9CCC%10C(C%11=CCCCC%11)CCC%11CCC8C9C%11%10)CCC7C6CC5)CCC5C=CC2C3C54)CCC1. The molecule has 13 aliphatic rings. The molecule has 0 radical (unpaired) electrons. The Balaban J connectivity index is 0.704. The minimum Gasteiger partial charge on any atom is -0.307 e. The van der Waals surface area contributed by atoms with Gasteiger partial charge in [0, 0.05) is 12.1 Å². The van der Waals surface area contributed by atoms with Crippen molar-refractivity contribution in [2.45, 2.75) is 166 Å². The highest BCUT2D eigenvalue weighted by atomic mass is 15.0. The summed E-state index contributed by atoms with van der Waals surface area (Å²) in [5.41, 5.74) is 3.89. The second-order valence-electron chi connectivity index (χ2n) is 23.9. The molecule has 0 aromatic heterocycles. The Bertz CT molecular complexity index is 1670. The van der Waals surface area contributed by atoms with Crippen LogP contribution in [0.4, 0.5) is 0 Å². The average molecular weight is 766 g/mol. The molecule has 0 amide bonds. The summed E-state index contributed by atoms with van der Waals surface area (Å²) in [4.78, 5) is 0. The third-order valence-electron chi connectivity index (χ3n) is 22.4. The lowest BCUT2D eigenvalue weighted by atomic mass is 9.43. The van der Waals surface area contributed by atoms with Gasteiger partial charge in [0.1, 0.15) is 0 Å². The minimum atomic E-state index is 0.689. The highest BCUT2D eigenvalue weighted by Crippen LogP contribution is 2.66. The molecule has 1 heterocycles. The molecule has 13 rings (SSSR count). The average Bonchev–Trinajstić information content (AvgIpc) is 3.65. The van der Waals surface area contributed by atoms with Gasteiger partial charge in [-0.1, -0.05) is 59.8 Å². The molecule has 7 saturated carbocycles. The smallest absolute Gasteiger partial charge is 0.0287 e. The molecule has 0 spiro atoms. The predicted octanol–water partition coefficient (Wildman–Crippen LogP) is 13.7. The van der Waals surface area contributed by atoms with E-state index in [0.29, 0.717) is 6.04 Å². The quantitative estimate of drug-likeness (QED) is 0.281. The van der Waals surface area contributed by atoms with Crippen LogP contribution in [0.5, 0.6) is 0 Å². The van der Waals surface area contributed by atoms with Gasteiger partial charge in [-0.15, -0.1) is 0 Å². The van der Waals surface area contributed by atoms with E-state index in [1.807, 2.05) is 11.1 Å². The summed E-state index contributed by atoms with van der Waals surface area (Å²) in [6.45, 7) is 0. The fourth-order valence-electron chi connectivity index (χ4n) is 20.5. The van der Waals surface area contributed by atoms with Crippen LogP contribution >= 0.6 is 0 Å². The van der Waals surface area contributed by atoms with E-state index in [2.05, 4.69) is 53.9 Å². The van der Waals surface area contributed by atoms with E-state index in [-0.39, 0.29) is 0 Å². The Morgan fingerprint density at radius 3 is 1.98 bits per heavy atom. The molecule has 0 aromatic carbocycles.